The monoisotopic (exact) mass is 140 g/mol. The summed E-state index contributed by atoms with van der Waals surface area (Å²) in [6, 6.07) is 0. The molecular formula is C9H16O. The predicted octanol–water partition coefficient (Wildman–Crippen LogP) is 2.38. The van der Waals surface area contributed by atoms with E-state index in [2.05, 4.69) is 13.5 Å². The van der Waals surface area contributed by atoms with Gasteiger partial charge in [0.15, 0.2) is 0 Å². The van der Waals surface area contributed by atoms with Crippen molar-refractivity contribution < 1.29 is 4.74 Å². The Bertz CT molecular complexity index is 129. The summed E-state index contributed by atoms with van der Waals surface area (Å²) >= 11 is 0. The lowest BCUT2D eigenvalue weighted by Crippen LogP contribution is -2.24. The van der Waals surface area contributed by atoms with Crippen molar-refractivity contribution in [3.05, 3.63) is 12.2 Å². The van der Waals surface area contributed by atoms with E-state index in [4.69, 9.17) is 4.74 Å². The highest BCUT2D eigenvalue weighted by Crippen LogP contribution is 2.22. The van der Waals surface area contributed by atoms with Gasteiger partial charge in [-0.05, 0) is 25.7 Å². The van der Waals surface area contributed by atoms with E-state index >= 15 is 0 Å². The van der Waals surface area contributed by atoms with Gasteiger partial charge in [-0.15, -0.1) is 0 Å². The summed E-state index contributed by atoms with van der Waals surface area (Å²) in [7, 11) is 0. The summed E-state index contributed by atoms with van der Waals surface area (Å²) in [5.74, 6) is 0.815. The largest absolute Gasteiger partial charge is 0.374 e. The molecule has 2 atom stereocenters. The van der Waals surface area contributed by atoms with E-state index in [1.54, 1.807) is 0 Å². The standard InChI is InChI=1S/C9H16O/c1-7(2)9-6-8(3)4-5-10-9/h8-9H,1,4-6H2,2-3H3/t8-,9-/m0/s1. The van der Waals surface area contributed by atoms with Gasteiger partial charge >= 0.3 is 0 Å². The van der Waals surface area contributed by atoms with Crippen LogP contribution >= 0.6 is 0 Å². The first-order valence-electron chi connectivity index (χ1n) is 3.97. The van der Waals surface area contributed by atoms with Crippen LogP contribution in [0, 0.1) is 5.92 Å². The van der Waals surface area contributed by atoms with Gasteiger partial charge in [0.2, 0.25) is 0 Å². The third-order valence-corrected chi connectivity index (χ3v) is 2.10. The Morgan fingerprint density at radius 3 is 2.70 bits per heavy atom. The van der Waals surface area contributed by atoms with Crippen molar-refractivity contribution in [1.29, 1.82) is 0 Å². The Labute approximate surface area is 63.1 Å². The predicted molar refractivity (Wildman–Crippen MR) is 43.0 cm³/mol. The molecule has 10 heavy (non-hydrogen) atoms. The molecular weight excluding hydrogens is 124 g/mol. The van der Waals surface area contributed by atoms with Crippen molar-refractivity contribution >= 4 is 0 Å². The van der Waals surface area contributed by atoms with E-state index in [-0.39, 0.29) is 0 Å². The molecule has 0 N–H and O–H groups in total. The maximum absolute atomic E-state index is 5.51. The van der Waals surface area contributed by atoms with Crippen LogP contribution in [0.2, 0.25) is 0 Å². The summed E-state index contributed by atoms with van der Waals surface area (Å²) in [6.45, 7) is 9.12. The summed E-state index contributed by atoms with van der Waals surface area (Å²) in [4.78, 5) is 0. The minimum Gasteiger partial charge on any atom is -0.374 e. The van der Waals surface area contributed by atoms with Crippen molar-refractivity contribution in [3.8, 4) is 0 Å². The summed E-state index contributed by atoms with van der Waals surface area (Å²) in [5.41, 5.74) is 1.17. The first kappa shape index (κ1) is 7.80. The molecule has 0 aromatic rings. The smallest absolute Gasteiger partial charge is 0.0782 e. The molecule has 0 spiro atoms. The Hall–Kier alpha value is -0.300. The zero-order valence-electron chi connectivity index (χ0n) is 6.89. The molecule has 0 aromatic heterocycles. The highest BCUT2D eigenvalue weighted by atomic mass is 16.5. The third kappa shape index (κ3) is 1.84. The van der Waals surface area contributed by atoms with Crippen molar-refractivity contribution in [1.82, 2.24) is 0 Å². The number of rotatable bonds is 1. The fourth-order valence-corrected chi connectivity index (χ4v) is 1.31. The number of hydrogen-bond donors (Lipinski definition) is 0. The van der Waals surface area contributed by atoms with Gasteiger partial charge in [-0.25, -0.2) is 0 Å². The van der Waals surface area contributed by atoms with Crippen LogP contribution in [0.15, 0.2) is 12.2 Å². The molecule has 1 aliphatic heterocycles. The quantitative estimate of drug-likeness (QED) is 0.508. The molecule has 0 aliphatic carbocycles. The van der Waals surface area contributed by atoms with Crippen LogP contribution in [0.5, 0.6) is 0 Å². The van der Waals surface area contributed by atoms with Crippen LogP contribution in [0.25, 0.3) is 0 Å². The normalized spacial score (nSPS) is 33.8. The molecule has 1 heteroatoms. The van der Waals surface area contributed by atoms with Crippen molar-refractivity contribution in [2.24, 2.45) is 5.92 Å². The minimum atomic E-state index is 0.337. The first-order chi connectivity index (χ1) is 4.70. The fraction of sp³-hybridized carbons (Fsp3) is 0.778. The molecule has 0 bridgehead atoms. The second kappa shape index (κ2) is 3.20. The van der Waals surface area contributed by atoms with Gasteiger partial charge in [0.25, 0.3) is 0 Å². The van der Waals surface area contributed by atoms with Crippen LogP contribution in [0.4, 0.5) is 0 Å². The van der Waals surface area contributed by atoms with Gasteiger partial charge in [-0.3, -0.25) is 0 Å². The van der Waals surface area contributed by atoms with Crippen molar-refractivity contribution in [2.45, 2.75) is 32.8 Å². The number of hydrogen-bond acceptors (Lipinski definition) is 1. The highest BCUT2D eigenvalue weighted by molar-refractivity contribution is 4.99. The van der Waals surface area contributed by atoms with Gasteiger partial charge in [-0.1, -0.05) is 19.1 Å². The molecule has 1 heterocycles. The molecule has 1 aliphatic rings. The van der Waals surface area contributed by atoms with Crippen LogP contribution < -0.4 is 0 Å². The lowest BCUT2D eigenvalue weighted by Gasteiger charge is -2.27. The van der Waals surface area contributed by atoms with Crippen LogP contribution in [0.1, 0.15) is 26.7 Å². The summed E-state index contributed by atoms with van der Waals surface area (Å²) in [5, 5.41) is 0. The molecule has 0 radical (unpaired) electrons. The summed E-state index contributed by atoms with van der Waals surface area (Å²) < 4.78 is 5.51. The molecule has 0 aromatic carbocycles. The Morgan fingerprint density at radius 2 is 2.30 bits per heavy atom. The zero-order valence-corrected chi connectivity index (χ0v) is 6.89. The molecule has 1 rings (SSSR count). The average Bonchev–Trinajstić information content (AvgIpc) is 1.88. The third-order valence-electron chi connectivity index (χ3n) is 2.10. The molecule has 0 saturated carbocycles. The average molecular weight is 140 g/mol. The first-order valence-corrected chi connectivity index (χ1v) is 3.97. The van der Waals surface area contributed by atoms with Gasteiger partial charge in [0.05, 0.1) is 6.10 Å². The van der Waals surface area contributed by atoms with Crippen molar-refractivity contribution in [3.63, 3.8) is 0 Å². The minimum absolute atomic E-state index is 0.337. The van der Waals surface area contributed by atoms with Gasteiger partial charge in [0, 0.05) is 6.61 Å². The van der Waals surface area contributed by atoms with Crippen LogP contribution in [0.3, 0.4) is 0 Å². The van der Waals surface area contributed by atoms with E-state index in [9.17, 15) is 0 Å². The topological polar surface area (TPSA) is 9.23 Å². The van der Waals surface area contributed by atoms with E-state index in [0.29, 0.717) is 6.10 Å². The lowest BCUT2D eigenvalue weighted by atomic mass is 9.95. The highest BCUT2D eigenvalue weighted by Gasteiger charge is 2.19. The van der Waals surface area contributed by atoms with Gasteiger partial charge in [-0.2, -0.15) is 0 Å². The van der Waals surface area contributed by atoms with Gasteiger partial charge < -0.3 is 4.74 Å². The maximum Gasteiger partial charge on any atom is 0.0782 e. The van der Waals surface area contributed by atoms with Crippen molar-refractivity contribution in [2.75, 3.05) is 6.61 Å². The fourth-order valence-electron chi connectivity index (χ4n) is 1.31. The van der Waals surface area contributed by atoms with Gasteiger partial charge in [0.1, 0.15) is 0 Å². The Kier molecular flexibility index (Phi) is 2.50. The Balaban J connectivity index is 2.39. The second-order valence-electron chi connectivity index (χ2n) is 3.34. The van der Waals surface area contributed by atoms with Crippen LogP contribution in [-0.4, -0.2) is 12.7 Å². The molecule has 1 saturated heterocycles. The number of ether oxygens (including phenoxy) is 1. The SMILES string of the molecule is C=C(C)[C@@H]1C[C@@H](C)CCO1. The molecule has 0 unspecified atom stereocenters. The van der Waals surface area contributed by atoms with Crippen LogP contribution in [-0.2, 0) is 4.74 Å². The van der Waals surface area contributed by atoms with E-state index in [1.165, 1.54) is 12.0 Å². The summed E-state index contributed by atoms with van der Waals surface area (Å²) in [6.07, 6.45) is 2.71. The molecule has 58 valence electrons. The van der Waals surface area contributed by atoms with E-state index < -0.39 is 0 Å². The molecule has 0 amide bonds. The second-order valence-corrected chi connectivity index (χ2v) is 3.34. The van der Waals surface area contributed by atoms with E-state index in [0.717, 1.165) is 18.9 Å². The molecule has 1 nitrogen and oxygen atoms in total. The lowest BCUT2D eigenvalue weighted by molar-refractivity contribution is 0.0174. The maximum atomic E-state index is 5.51. The molecule has 1 fully saturated rings. The Morgan fingerprint density at radius 1 is 1.60 bits per heavy atom. The van der Waals surface area contributed by atoms with E-state index in [1.807, 2.05) is 6.92 Å². The zero-order chi connectivity index (χ0) is 7.56.